The molecule has 0 unspecified atom stereocenters. The van der Waals surface area contributed by atoms with Gasteiger partial charge in [-0.1, -0.05) is 0 Å². The van der Waals surface area contributed by atoms with Gasteiger partial charge in [-0.2, -0.15) is 13.2 Å². The van der Waals surface area contributed by atoms with Gasteiger partial charge in [0.1, 0.15) is 0 Å². The van der Waals surface area contributed by atoms with Crippen LogP contribution in [0.25, 0.3) is 0 Å². The van der Waals surface area contributed by atoms with E-state index < -0.39 is 12.6 Å². The quantitative estimate of drug-likeness (QED) is 0.709. The molecular weight excluding hydrogens is 205 g/mol. The van der Waals surface area contributed by atoms with Crippen LogP contribution in [0.5, 0.6) is 0 Å². The molecule has 1 rings (SSSR count). The van der Waals surface area contributed by atoms with Crippen LogP contribution < -0.4 is 5.32 Å². The molecule has 0 aromatic carbocycles. The van der Waals surface area contributed by atoms with Gasteiger partial charge >= 0.3 is 6.18 Å². The minimum absolute atomic E-state index is 0.196. The maximum Gasteiger partial charge on any atom is 0.389 e. The van der Waals surface area contributed by atoms with Crippen molar-refractivity contribution in [1.29, 1.82) is 0 Å². The first kappa shape index (κ1) is 12.1. The lowest BCUT2D eigenvalue weighted by atomic mass is 10.2. The number of H-pyrrole nitrogens is 1. The maximum atomic E-state index is 11.8. The van der Waals surface area contributed by atoms with Crippen LogP contribution in [0, 0.1) is 0 Å². The summed E-state index contributed by atoms with van der Waals surface area (Å²) in [5.41, 5.74) is 1.05. The van der Waals surface area contributed by atoms with Crippen molar-refractivity contribution in [3.05, 3.63) is 24.0 Å². The van der Waals surface area contributed by atoms with Crippen LogP contribution in [0.15, 0.2) is 18.3 Å². The predicted octanol–water partition coefficient (Wildman–Crippen LogP) is 2.84. The third-order valence-electron chi connectivity index (χ3n) is 2.04. The number of unbranched alkanes of at least 4 members (excludes halogenated alkanes) is 1. The Hall–Kier alpha value is -0.970. The lowest BCUT2D eigenvalue weighted by molar-refractivity contribution is -0.135. The molecule has 1 aromatic rings. The van der Waals surface area contributed by atoms with Crippen molar-refractivity contribution >= 4 is 0 Å². The molecule has 0 aliphatic rings. The molecule has 0 radical (unpaired) electrons. The Morgan fingerprint density at radius 1 is 1.27 bits per heavy atom. The Labute approximate surface area is 86.9 Å². The molecule has 0 atom stereocenters. The van der Waals surface area contributed by atoms with E-state index in [-0.39, 0.29) is 6.42 Å². The van der Waals surface area contributed by atoms with Gasteiger partial charge in [-0.3, -0.25) is 0 Å². The predicted molar refractivity (Wildman–Crippen MR) is 52.4 cm³/mol. The third kappa shape index (κ3) is 6.17. The van der Waals surface area contributed by atoms with Crippen LogP contribution in [-0.4, -0.2) is 17.7 Å². The molecule has 86 valence electrons. The van der Waals surface area contributed by atoms with Gasteiger partial charge in [-0.05, 0) is 31.5 Å². The first-order valence-electron chi connectivity index (χ1n) is 4.98. The fraction of sp³-hybridized carbons (Fsp3) is 0.600. The van der Waals surface area contributed by atoms with Crippen molar-refractivity contribution in [1.82, 2.24) is 10.3 Å². The third-order valence-corrected chi connectivity index (χ3v) is 2.04. The summed E-state index contributed by atoms with van der Waals surface area (Å²) in [5.74, 6) is 0. The lowest BCUT2D eigenvalue weighted by Crippen LogP contribution is -2.16. The van der Waals surface area contributed by atoms with Crippen molar-refractivity contribution in [2.24, 2.45) is 0 Å². The van der Waals surface area contributed by atoms with Gasteiger partial charge in [0.15, 0.2) is 0 Å². The minimum atomic E-state index is -4.01. The van der Waals surface area contributed by atoms with Crippen molar-refractivity contribution in [2.45, 2.75) is 32.0 Å². The van der Waals surface area contributed by atoms with Gasteiger partial charge < -0.3 is 10.3 Å². The van der Waals surface area contributed by atoms with Gasteiger partial charge in [0.2, 0.25) is 0 Å². The van der Waals surface area contributed by atoms with Crippen LogP contribution >= 0.6 is 0 Å². The Kier molecular flexibility index (Phi) is 4.68. The number of aromatic amines is 1. The second kappa shape index (κ2) is 5.80. The van der Waals surface area contributed by atoms with Gasteiger partial charge in [0.25, 0.3) is 0 Å². The molecule has 15 heavy (non-hydrogen) atoms. The summed E-state index contributed by atoms with van der Waals surface area (Å²) in [5, 5.41) is 3.08. The smallest absolute Gasteiger partial charge is 0.364 e. The zero-order valence-corrected chi connectivity index (χ0v) is 8.40. The molecule has 0 amide bonds. The number of halogens is 3. The summed E-state index contributed by atoms with van der Waals surface area (Å²) < 4.78 is 35.3. The summed E-state index contributed by atoms with van der Waals surface area (Å²) in [6.07, 6.45) is -2.13. The highest BCUT2D eigenvalue weighted by molar-refractivity contribution is 5.02. The second-order valence-corrected chi connectivity index (χ2v) is 3.44. The van der Waals surface area contributed by atoms with E-state index in [1.807, 2.05) is 18.3 Å². The molecule has 0 saturated heterocycles. The molecule has 0 spiro atoms. The van der Waals surface area contributed by atoms with Crippen LogP contribution in [0.1, 0.15) is 25.0 Å². The standard InChI is InChI=1S/C10H15F3N2/c11-10(12,13)5-1-2-6-14-8-9-4-3-7-15-9/h3-4,7,14-15H,1-2,5-6,8H2. The Morgan fingerprint density at radius 2 is 2.07 bits per heavy atom. The summed E-state index contributed by atoms with van der Waals surface area (Å²) in [6.45, 7) is 1.30. The normalized spacial score (nSPS) is 11.9. The van der Waals surface area contributed by atoms with Crippen molar-refractivity contribution in [3.8, 4) is 0 Å². The van der Waals surface area contributed by atoms with Crippen molar-refractivity contribution < 1.29 is 13.2 Å². The highest BCUT2D eigenvalue weighted by atomic mass is 19.4. The average molecular weight is 220 g/mol. The number of alkyl halides is 3. The lowest BCUT2D eigenvalue weighted by Gasteiger charge is -2.06. The molecule has 2 N–H and O–H groups in total. The highest BCUT2D eigenvalue weighted by Crippen LogP contribution is 2.21. The van der Waals surface area contributed by atoms with Gasteiger partial charge in [-0.25, -0.2) is 0 Å². The van der Waals surface area contributed by atoms with E-state index in [4.69, 9.17) is 0 Å². The fourth-order valence-electron chi connectivity index (χ4n) is 1.28. The van der Waals surface area contributed by atoms with E-state index >= 15 is 0 Å². The molecular formula is C10H15F3N2. The van der Waals surface area contributed by atoms with Crippen LogP contribution in [0.3, 0.4) is 0 Å². The monoisotopic (exact) mass is 220 g/mol. The van der Waals surface area contributed by atoms with E-state index in [0.717, 1.165) is 5.69 Å². The number of nitrogens with one attached hydrogen (secondary N) is 2. The molecule has 5 heteroatoms. The van der Waals surface area contributed by atoms with Crippen molar-refractivity contribution in [3.63, 3.8) is 0 Å². The van der Waals surface area contributed by atoms with Gasteiger partial charge in [0.05, 0.1) is 0 Å². The SMILES string of the molecule is FC(F)(F)CCCCNCc1ccc[nH]1. The Bertz CT molecular complexity index is 254. The van der Waals surface area contributed by atoms with E-state index in [1.165, 1.54) is 0 Å². The molecule has 1 heterocycles. The van der Waals surface area contributed by atoms with Crippen molar-refractivity contribution in [2.75, 3.05) is 6.54 Å². The minimum Gasteiger partial charge on any atom is -0.364 e. The van der Waals surface area contributed by atoms with Gasteiger partial charge in [-0.15, -0.1) is 0 Å². The van der Waals surface area contributed by atoms with Crippen LogP contribution in [0.4, 0.5) is 13.2 Å². The molecule has 2 nitrogen and oxygen atoms in total. The fourth-order valence-corrected chi connectivity index (χ4v) is 1.28. The molecule has 0 bridgehead atoms. The molecule has 0 fully saturated rings. The first-order valence-corrected chi connectivity index (χ1v) is 4.98. The Morgan fingerprint density at radius 3 is 2.67 bits per heavy atom. The summed E-state index contributed by atoms with van der Waals surface area (Å²) in [4.78, 5) is 3.01. The number of aromatic nitrogens is 1. The first-order chi connectivity index (χ1) is 7.08. The van der Waals surface area contributed by atoms with Crippen LogP contribution in [0.2, 0.25) is 0 Å². The number of rotatable bonds is 6. The zero-order valence-electron chi connectivity index (χ0n) is 8.40. The van der Waals surface area contributed by atoms with E-state index in [2.05, 4.69) is 10.3 Å². The Balaban J connectivity index is 1.94. The van der Waals surface area contributed by atoms with Crippen LogP contribution in [-0.2, 0) is 6.54 Å². The average Bonchev–Trinajstić information content (AvgIpc) is 2.61. The summed E-state index contributed by atoms with van der Waals surface area (Å²) in [6, 6.07) is 3.82. The number of hydrogen-bond acceptors (Lipinski definition) is 1. The molecule has 0 aliphatic carbocycles. The maximum absolute atomic E-state index is 11.8. The highest BCUT2D eigenvalue weighted by Gasteiger charge is 2.25. The van der Waals surface area contributed by atoms with E-state index in [1.54, 1.807) is 0 Å². The van der Waals surface area contributed by atoms with E-state index in [0.29, 0.717) is 19.5 Å². The van der Waals surface area contributed by atoms with Gasteiger partial charge in [0, 0.05) is 24.9 Å². The second-order valence-electron chi connectivity index (χ2n) is 3.44. The largest absolute Gasteiger partial charge is 0.389 e. The topological polar surface area (TPSA) is 27.8 Å². The molecule has 0 aliphatic heterocycles. The zero-order chi connectivity index (χ0) is 11.1. The molecule has 0 saturated carbocycles. The summed E-state index contributed by atoms with van der Waals surface area (Å²) in [7, 11) is 0. The summed E-state index contributed by atoms with van der Waals surface area (Å²) >= 11 is 0. The molecule has 1 aromatic heterocycles. The van der Waals surface area contributed by atoms with E-state index in [9.17, 15) is 13.2 Å². The number of hydrogen-bond donors (Lipinski definition) is 2.